The van der Waals surface area contributed by atoms with Crippen LogP contribution in [0.2, 0.25) is 5.15 Å². The van der Waals surface area contributed by atoms with Gasteiger partial charge in [-0.1, -0.05) is 29.8 Å². The van der Waals surface area contributed by atoms with Crippen molar-refractivity contribution in [2.45, 2.75) is 17.5 Å². The van der Waals surface area contributed by atoms with Gasteiger partial charge in [0.05, 0.1) is 17.7 Å². The molecule has 0 saturated carbocycles. The van der Waals surface area contributed by atoms with Gasteiger partial charge in [-0.15, -0.1) is 11.8 Å². The number of pyridine rings is 1. The molecule has 3 aromatic rings. The molecule has 1 aromatic heterocycles. The highest BCUT2D eigenvalue weighted by Crippen LogP contribution is 2.35. The molecule has 2 aromatic carbocycles. The predicted octanol–water partition coefficient (Wildman–Crippen LogP) is 4.12. The monoisotopic (exact) mass is 413 g/mol. The molecule has 144 valence electrons. The number of thioether (sulfide) groups is 1. The third-order valence-corrected chi connectivity index (χ3v) is 5.86. The molecule has 0 unspecified atom stereocenters. The second-order valence-electron chi connectivity index (χ2n) is 6.57. The van der Waals surface area contributed by atoms with Gasteiger partial charge in [0, 0.05) is 29.4 Å². The molecule has 1 aliphatic heterocycles. The molecule has 28 heavy (non-hydrogen) atoms. The third kappa shape index (κ3) is 3.62. The van der Waals surface area contributed by atoms with E-state index >= 15 is 0 Å². The minimum absolute atomic E-state index is 0.146. The Morgan fingerprint density at radius 2 is 2.14 bits per heavy atom. The van der Waals surface area contributed by atoms with Gasteiger partial charge in [-0.25, -0.2) is 4.98 Å². The lowest BCUT2D eigenvalue weighted by molar-refractivity contribution is -0.127. The van der Waals surface area contributed by atoms with E-state index < -0.39 is 6.10 Å². The zero-order valence-electron chi connectivity index (χ0n) is 15.6. The Labute approximate surface area is 173 Å². The molecular weight excluding hydrogens is 394 g/mol. The van der Waals surface area contributed by atoms with E-state index in [1.807, 2.05) is 36.6 Å². The van der Waals surface area contributed by atoms with Gasteiger partial charge in [0.15, 0.2) is 6.10 Å². The van der Waals surface area contributed by atoms with Crippen molar-refractivity contribution >= 4 is 45.9 Å². The SMILES string of the molecule is CNC(=O)[C@@H]1CN(Cc2cc3ccc(SC)cc3nc2Cl)c2ccccc2O1. The van der Waals surface area contributed by atoms with Crippen LogP contribution in [0.1, 0.15) is 5.56 Å². The van der Waals surface area contributed by atoms with E-state index in [1.54, 1.807) is 18.8 Å². The van der Waals surface area contributed by atoms with Crippen molar-refractivity contribution in [2.24, 2.45) is 0 Å². The largest absolute Gasteiger partial charge is 0.477 e. The summed E-state index contributed by atoms with van der Waals surface area (Å²) in [6.45, 7) is 0.983. The maximum absolute atomic E-state index is 12.2. The molecule has 0 saturated heterocycles. The Balaban J connectivity index is 1.69. The van der Waals surface area contributed by atoms with E-state index in [-0.39, 0.29) is 5.91 Å². The number of likely N-dealkylation sites (N-methyl/N-ethyl adjacent to an activating group) is 1. The highest BCUT2D eigenvalue weighted by atomic mass is 35.5. The highest BCUT2D eigenvalue weighted by Gasteiger charge is 2.30. The number of hydrogen-bond acceptors (Lipinski definition) is 5. The molecule has 2 heterocycles. The van der Waals surface area contributed by atoms with Crippen LogP contribution in [0.15, 0.2) is 53.4 Å². The Hall–Kier alpha value is -2.44. The summed E-state index contributed by atoms with van der Waals surface area (Å²) in [6, 6.07) is 16.0. The van der Waals surface area contributed by atoms with E-state index in [0.717, 1.165) is 27.0 Å². The number of carbonyl (C=O) groups excluding carboxylic acids is 1. The first kappa shape index (κ1) is 18.9. The van der Waals surface area contributed by atoms with Gasteiger partial charge in [0.25, 0.3) is 5.91 Å². The number of fused-ring (bicyclic) bond motifs is 2. The van der Waals surface area contributed by atoms with E-state index in [2.05, 4.69) is 33.4 Å². The van der Waals surface area contributed by atoms with Gasteiger partial charge in [-0.3, -0.25) is 4.79 Å². The first-order valence-electron chi connectivity index (χ1n) is 8.94. The topological polar surface area (TPSA) is 54.5 Å². The number of halogens is 1. The summed E-state index contributed by atoms with van der Waals surface area (Å²) in [6.07, 6.45) is 1.46. The summed E-state index contributed by atoms with van der Waals surface area (Å²) >= 11 is 8.19. The normalized spacial score (nSPS) is 15.8. The maximum atomic E-state index is 12.2. The number of aromatic nitrogens is 1. The number of benzene rings is 2. The first-order chi connectivity index (χ1) is 13.6. The molecule has 0 aliphatic carbocycles. The van der Waals surface area contributed by atoms with E-state index in [4.69, 9.17) is 16.3 Å². The highest BCUT2D eigenvalue weighted by molar-refractivity contribution is 7.98. The first-order valence-corrected chi connectivity index (χ1v) is 10.5. The fraction of sp³-hybridized carbons (Fsp3) is 0.238. The van der Waals surface area contributed by atoms with Gasteiger partial charge in [0.1, 0.15) is 10.9 Å². The van der Waals surface area contributed by atoms with Gasteiger partial charge in [0.2, 0.25) is 0 Å². The smallest absolute Gasteiger partial charge is 0.262 e. The lowest BCUT2D eigenvalue weighted by Gasteiger charge is -2.35. The molecule has 0 spiro atoms. The fourth-order valence-electron chi connectivity index (χ4n) is 3.36. The second kappa shape index (κ2) is 7.89. The number of rotatable bonds is 4. The van der Waals surface area contributed by atoms with Gasteiger partial charge in [-0.2, -0.15) is 0 Å². The van der Waals surface area contributed by atoms with Crippen molar-refractivity contribution in [3.63, 3.8) is 0 Å². The molecule has 7 heteroatoms. The molecule has 0 fully saturated rings. The molecule has 0 bridgehead atoms. The average molecular weight is 414 g/mol. The number of para-hydroxylation sites is 2. The predicted molar refractivity (Wildman–Crippen MR) is 115 cm³/mol. The zero-order chi connectivity index (χ0) is 19.7. The van der Waals surface area contributed by atoms with Crippen LogP contribution in [0.25, 0.3) is 10.9 Å². The minimum Gasteiger partial charge on any atom is -0.477 e. The second-order valence-corrected chi connectivity index (χ2v) is 7.80. The van der Waals surface area contributed by atoms with Crippen molar-refractivity contribution in [2.75, 3.05) is 24.7 Å². The molecule has 1 atom stereocenters. The number of ether oxygens (including phenoxy) is 1. The molecular formula is C21H20ClN3O2S. The van der Waals surface area contributed by atoms with Gasteiger partial charge >= 0.3 is 0 Å². The lowest BCUT2D eigenvalue weighted by atomic mass is 10.1. The van der Waals surface area contributed by atoms with Crippen molar-refractivity contribution in [1.82, 2.24) is 10.3 Å². The van der Waals surface area contributed by atoms with Crippen LogP contribution in [0.4, 0.5) is 5.69 Å². The van der Waals surface area contributed by atoms with E-state index in [0.29, 0.717) is 24.0 Å². The van der Waals surface area contributed by atoms with Crippen LogP contribution in [0, 0.1) is 0 Å². The number of carbonyl (C=O) groups is 1. The minimum atomic E-state index is -0.573. The van der Waals surface area contributed by atoms with Gasteiger partial charge < -0.3 is 15.0 Å². The standard InChI is InChI=1S/C21H20ClN3O2S/c1-23-21(26)19-12-25(17-5-3-4-6-18(17)27-19)11-14-9-13-7-8-15(28-2)10-16(13)24-20(14)22/h3-10,19H,11-12H2,1-2H3,(H,23,26)/t19-/m0/s1. The van der Waals surface area contributed by atoms with E-state index in [9.17, 15) is 4.79 Å². The number of hydrogen-bond donors (Lipinski definition) is 1. The number of nitrogens with one attached hydrogen (secondary N) is 1. The number of nitrogens with zero attached hydrogens (tertiary/aromatic N) is 2. The fourth-order valence-corrected chi connectivity index (χ4v) is 4.00. The quantitative estimate of drug-likeness (QED) is 0.515. The molecule has 1 amide bonds. The Bertz CT molecular complexity index is 1040. The van der Waals surface area contributed by atoms with Crippen LogP contribution in [-0.2, 0) is 11.3 Å². The van der Waals surface area contributed by atoms with Gasteiger partial charge in [-0.05, 0) is 36.6 Å². The number of amides is 1. The summed E-state index contributed by atoms with van der Waals surface area (Å²) in [5.41, 5.74) is 2.74. The van der Waals surface area contributed by atoms with Crippen LogP contribution in [0.5, 0.6) is 5.75 Å². The third-order valence-electron chi connectivity index (χ3n) is 4.81. The van der Waals surface area contributed by atoms with E-state index in [1.165, 1.54) is 0 Å². The molecule has 1 aliphatic rings. The molecule has 0 radical (unpaired) electrons. The summed E-state index contributed by atoms with van der Waals surface area (Å²) in [7, 11) is 1.61. The van der Waals surface area contributed by atoms with Crippen LogP contribution in [-0.4, -0.2) is 36.8 Å². The maximum Gasteiger partial charge on any atom is 0.262 e. The van der Waals surface area contributed by atoms with Crippen LogP contribution >= 0.6 is 23.4 Å². The van der Waals surface area contributed by atoms with Crippen molar-refractivity contribution in [3.8, 4) is 5.75 Å². The lowest BCUT2D eigenvalue weighted by Crippen LogP contribution is -2.48. The molecule has 4 rings (SSSR count). The van der Waals surface area contributed by atoms with Crippen molar-refractivity contribution in [3.05, 3.63) is 59.2 Å². The molecule has 1 N–H and O–H groups in total. The van der Waals surface area contributed by atoms with Crippen molar-refractivity contribution in [1.29, 1.82) is 0 Å². The summed E-state index contributed by atoms with van der Waals surface area (Å²) in [5.74, 6) is 0.545. The zero-order valence-corrected chi connectivity index (χ0v) is 17.2. The van der Waals surface area contributed by atoms with Crippen LogP contribution in [0.3, 0.4) is 0 Å². The van der Waals surface area contributed by atoms with Crippen LogP contribution < -0.4 is 15.0 Å². The van der Waals surface area contributed by atoms with Crippen molar-refractivity contribution < 1.29 is 9.53 Å². The Kier molecular flexibility index (Phi) is 5.33. The summed E-state index contributed by atoms with van der Waals surface area (Å²) < 4.78 is 5.87. The average Bonchev–Trinajstić information content (AvgIpc) is 2.73. The number of anilines is 1. The Morgan fingerprint density at radius 1 is 1.32 bits per heavy atom. The summed E-state index contributed by atoms with van der Waals surface area (Å²) in [4.78, 5) is 20.0. The summed E-state index contributed by atoms with van der Waals surface area (Å²) in [5, 5.41) is 4.19. The Morgan fingerprint density at radius 3 is 2.93 bits per heavy atom. The molecule has 5 nitrogen and oxygen atoms in total.